The fourth-order valence-electron chi connectivity index (χ4n) is 1.64. The molecule has 0 saturated heterocycles. The first-order valence-corrected chi connectivity index (χ1v) is 5.23. The highest BCUT2D eigenvalue weighted by molar-refractivity contribution is 6.20. The van der Waals surface area contributed by atoms with E-state index in [-0.39, 0.29) is 11.4 Å². The highest BCUT2D eigenvalue weighted by Crippen LogP contribution is 2.19. The maximum atomic E-state index is 11.5. The molecule has 88 valence electrons. The zero-order valence-electron chi connectivity index (χ0n) is 8.43. The van der Waals surface area contributed by atoms with Crippen molar-refractivity contribution in [1.29, 1.82) is 0 Å². The van der Waals surface area contributed by atoms with Gasteiger partial charge < -0.3 is 4.98 Å². The third-order valence-electron chi connectivity index (χ3n) is 2.38. The normalized spacial score (nSPS) is 19.2. The lowest BCUT2D eigenvalue weighted by atomic mass is 10.1. The maximum absolute atomic E-state index is 11.5. The van der Waals surface area contributed by atoms with Crippen LogP contribution in [0.25, 0.3) is 0 Å². The third-order valence-corrected chi connectivity index (χ3v) is 2.69. The van der Waals surface area contributed by atoms with Crippen molar-refractivity contribution >= 4 is 17.5 Å². The molecule has 1 aliphatic heterocycles. The van der Waals surface area contributed by atoms with E-state index in [2.05, 4.69) is 26.8 Å². The van der Waals surface area contributed by atoms with Crippen LogP contribution in [0.5, 0.6) is 0 Å². The number of amides is 1. The minimum atomic E-state index is -0.293. The van der Waals surface area contributed by atoms with Gasteiger partial charge in [-0.2, -0.15) is 11.1 Å². The minimum Gasteiger partial charge on any atom is -0.353 e. The average Bonchev–Trinajstić information content (AvgIpc) is 2.68. The Bertz CT molecular complexity index is 392. The van der Waals surface area contributed by atoms with Crippen molar-refractivity contribution in [3.63, 3.8) is 0 Å². The summed E-state index contributed by atoms with van der Waals surface area (Å²) in [5, 5.41) is 3.09. The molecule has 1 aliphatic rings. The molecule has 0 radical (unpaired) electrons. The van der Waals surface area contributed by atoms with Crippen molar-refractivity contribution in [2.75, 3.05) is 0 Å². The van der Waals surface area contributed by atoms with Crippen LogP contribution in [-0.4, -0.2) is 16.4 Å². The first-order chi connectivity index (χ1) is 7.70. The summed E-state index contributed by atoms with van der Waals surface area (Å²) < 4.78 is 0. The van der Waals surface area contributed by atoms with E-state index in [4.69, 9.17) is 17.4 Å². The van der Waals surface area contributed by atoms with E-state index >= 15 is 0 Å². The molecular weight excluding hydrogens is 232 g/mol. The molecule has 7 nitrogen and oxygen atoms in total. The molecule has 2 heterocycles. The lowest BCUT2D eigenvalue weighted by Crippen LogP contribution is -2.49. The fourth-order valence-corrected chi connectivity index (χ4v) is 1.88. The number of carbonyl (C=O) groups is 1. The summed E-state index contributed by atoms with van der Waals surface area (Å²) >= 11 is 5.95. The van der Waals surface area contributed by atoms with Gasteiger partial charge in [0.1, 0.15) is 5.69 Å². The second kappa shape index (κ2) is 4.81. The second-order valence-electron chi connectivity index (χ2n) is 3.46. The van der Waals surface area contributed by atoms with Gasteiger partial charge in [0.2, 0.25) is 0 Å². The summed E-state index contributed by atoms with van der Waals surface area (Å²) in [5.41, 5.74) is 9.21. The van der Waals surface area contributed by atoms with Gasteiger partial charge in [0.15, 0.2) is 0 Å². The van der Waals surface area contributed by atoms with Gasteiger partial charge in [-0.1, -0.05) is 0 Å². The molecule has 0 saturated carbocycles. The number of rotatable bonds is 3. The molecule has 1 amide bonds. The topological polar surface area (TPSA) is 107 Å². The number of nitrogens with one attached hydrogen (secondary N) is 5. The van der Waals surface area contributed by atoms with Gasteiger partial charge in [0.25, 0.3) is 5.91 Å². The minimum absolute atomic E-state index is 0.0805. The number of aromatic amines is 1. The van der Waals surface area contributed by atoms with Gasteiger partial charge >= 0.3 is 0 Å². The monoisotopic (exact) mass is 244 g/mol. The Balaban J connectivity index is 2.09. The third kappa shape index (κ3) is 2.34. The van der Waals surface area contributed by atoms with E-state index in [1.54, 1.807) is 6.07 Å². The first kappa shape index (κ1) is 11.4. The standard InChI is InChI=1S/C8H13ClN6O/c9-7-2-4-1-5(8(16)13-15-14-10)12-6(4)3-11-7/h1,7,11-12,14-15H,2-3,10H2,(H,13,16). The van der Waals surface area contributed by atoms with Gasteiger partial charge in [-0.05, 0) is 11.6 Å². The van der Waals surface area contributed by atoms with Crippen molar-refractivity contribution in [3.8, 4) is 0 Å². The summed E-state index contributed by atoms with van der Waals surface area (Å²) in [7, 11) is 0. The lowest BCUT2D eigenvalue weighted by molar-refractivity contribution is 0.0919. The molecule has 0 bridgehead atoms. The van der Waals surface area contributed by atoms with Crippen LogP contribution in [0, 0.1) is 0 Å². The predicted octanol–water partition coefficient (Wildman–Crippen LogP) is -1.16. The summed E-state index contributed by atoms with van der Waals surface area (Å²) in [5.74, 6) is 4.66. The van der Waals surface area contributed by atoms with Crippen molar-refractivity contribution < 1.29 is 4.79 Å². The van der Waals surface area contributed by atoms with E-state index in [0.29, 0.717) is 18.7 Å². The van der Waals surface area contributed by atoms with E-state index in [9.17, 15) is 4.79 Å². The number of hydrogen-bond acceptors (Lipinski definition) is 5. The molecule has 1 aromatic rings. The summed E-state index contributed by atoms with van der Waals surface area (Å²) in [6.07, 6.45) is 0.698. The predicted molar refractivity (Wildman–Crippen MR) is 58.9 cm³/mol. The Morgan fingerprint density at radius 3 is 3.19 bits per heavy atom. The molecular formula is C8H13ClN6O. The highest BCUT2D eigenvalue weighted by atomic mass is 35.5. The van der Waals surface area contributed by atoms with Crippen LogP contribution in [0.2, 0.25) is 0 Å². The van der Waals surface area contributed by atoms with Crippen LogP contribution in [0.4, 0.5) is 0 Å². The quantitative estimate of drug-likeness (QED) is 0.174. The zero-order chi connectivity index (χ0) is 11.5. The average molecular weight is 245 g/mol. The molecule has 7 N–H and O–H groups in total. The zero-order valence-corrected chi connectivity index (χ0v) is 9.19. The number of H-pyrrole nitrogens is 1. The second-order valence-corrected chi connectivity index (χ2v) is 3.99. The molecule has 1 unspecified atom stereocenters. The van der Waals surface area contributed by atoms with Crippen LogP contribution in [0.3, 0.4) is 0 Å². The Kier molecular flexibility index (Phi) is 3.42. The number of aromatic nitrogens is 1. The van der Waals surface area contributed by atoms with E-state index in [0.717, 1.165) is 11.3 Å². The van der Waals surface area contributed by atoms with Gasteiger partial charge in [-0.25, -0.2) is 0 Å². The Labute approximate surface area is 97.0 Å². The largest absolute Gasteiger partial charge is 0.353 e. The van der Waals surface area contributed by atoms with Gasteiger partial charge in [0.05, 0.1) is 5.50 Å². The fraction of sp³-hybridized carbons (Fsp3) is 0.375. The highest BCUT2D eigenvalue weighted by Gasteiger charge is 2.20. The van der Waals surface area contributed by atoms with Crippen molar-refractivity contribution in [2.45, 2.75) is 18.5 Å². The van der Waals surface area contributed by atoms with Crippen molar-refractivity contribution in [1.82, 2.24) is 26.8 Å². The van der Waals surface area contributed by atoms with Crippen LogP contribution >= 0.6 is 11.6 Å². The molecule has 0 aromatic carbocycles. The smallest absolute Gasteiger partial charge is 0.282 e. The Morgan fingerprint density at radius 2 is 2.44 bits per heavy atom. The molecule has 1 aromatic heterocycles. The van der Waals surface area contributed by atoms with Crippen molar-refractivity contribution in [2.24, 2.45) is 5.84 Å². The number of nitrogens with two attached hydrogens (primary N) is 1. The van der Waals surface area contributed by atoms with Crippen LogP contribution < -0.4 is 27.7 Å². The van der Waals surface area contributed by atoms with Gasteiger partial charge in [-0.3, -0.25) is 21.4 Å². The molecule has 2 rings (SSSR count). The summed E-state index contributed by atoms with van der Waals surface area (Å²) in [4.78, 5) is 14.6. The number of hydrogen-bond donors (Lipinski definition) is 6. The van der Waals surface area contributed by atoms with Crippen LogP contribution in [0.15, 0.2) is 6.07 Å². The van der Waals surface area contributed by atoms with Crippen LogP contribution in [-0.2, 0) is 13.0 Å². The van der Waals surface area contributed by atoms with Crippen LogP contribution in [0.1, 0.15) is 21.7 Å². The molecule has 8 heteroatoms. The lowest BCUT2D eigenvalue weighted by Gasteiger charge is -2.17. The number of carbonyl (C=O) groups excluding carboxylic acids is 1. The SMILES string of the molecule is NNNNC(=O)c1cc2c([nH]1)CNC(Cl)C2. The number of halogens is 1. The number of hydrazine groups is 3. The first-order valence-electron chi connectivity index (χ1n) is 4.80. The van der Waals surface area contributed by atoms with Crippen molar-refractivity contribution in [3.05, 3.63) is 23.0 Å². The van der Waals surface area contributed by atoms with Gasteiger partial charge in [-0.15, -0.1) is 11.6 Å². The molecule has 0 aliphatic carbocycles. The Morgan fingerprint density at radius 1 is 1.62 bits per heavy atom. The number of fused-ring (bicyclic) bond motifs is 1. The molecule has 1 atom stereocenters. The Hall–Kier alpha value is -1.12. The summed E-state index contributed by atoms with van der Waals surface area (Å²) in [6.45, 7) is 0.638. The van der Waals surface area contributed by atoms with E-state index < -0.39 is 0 Å². The number of alkyl halides is 1. The maximum Gasteiger partial charge on any atom is 0.282 e. The van der Waals surface area contributed by atoms with E-state index in [1.165, 1.54) is 0 Å². The van der Waals surface area contributed by atoms with E-state index in [1.807, 2.05) is 0 Å². The molecule has 0 spiro atoms. The summed E-state index contributed by atoms with van der Waals surface area (Å²) in [6, 6.07) is 1.79. The molecule has 16 heavy (non-hydrogen) atoms. The van der Waals surface area contributed by atoms with Gasteiger partial charge in [0, 0.05) is 18.7 Å². The molecule has 0 fully saturated rings.